The summed E-state index contributed by atoms with van der Waals surface area (Å²) >= 11 is 1.44. The highest BCUT2D eigenvalue weighted by Gasteiger charge is 2.27. The van der Waals surface area contributed by atoms with E-state index in [1.807, 2.05) is 36.5 Å². The maximum atomic E-state index is 12.2. The number of hydrogen-bond acceptors (Lipinski definition) is 5. The van der Waals surface area contributed by atoms with E-state index in [2.05, 4.69) is 20.2 Å². The zero-order valence-corrected chi connectivity index (χ0v) is 13.9. The van der Waals surface area contributed by atoms with Crippen molar-refractivity contribution in [3.05, 3.63) is 47.1 Å². The Morgan fingerprint density at radius 2 is 1.88 bits per heavy atom. The van der Waals surface area contributed by atoms with Crippen molar-refractivity contribution in [3.8, 4) is 5.69 Å². The van der Waals surface area contributed by atoms with Crippen LogP contribution in [0.25, 0.3) is 11.8 Å². The van der Waals surface area contributed by atoms with E-state index in [0.29, 0.717) is 10.6 Å². The van der Waals surface area contributed by atoms with Gasteiger partial charge in [0.25, 0.3) is 5.91 Å². The highest BCUT2D eigenvalue weighted by atomic mass is 32.2. The minimum atomic E-state index is -0.185. The lowest BCUT2D eigenvalue weighted by Crippen LogP contribution is -2.33. The Morgan fingerprint density at radius 3 is 2.67 bits per heavy atom. The second-order valence-corrected chi connectivity index (χ2v) is 6.79. The van der Waals surface area contributed by atoms with Gasteiger partial charge in [-0.2, -0.15) is 4.99 Å². The molecule has 3 heterocycles. The van der Waals surface area contributed by atoms with E-state index < -0.39 is 0 Å². The molecule has 2 aliphatic heterocycles. The second-order valence-electron chi connectivity index (χ2n) is 5.78. The second kappa shape index (κ2) is 6.60. The van der Waals surface area contributed by atoms with Gasteiger partial charge in [0.05, 0.1) is 16.8 Å². The summed E-state index contributed by atoms with van der Waals surface area (Å²) in [6.45, 7) is 1.97. The van der Waals surface area contributed by atoms with Crippen LogP contribution in [-0.2, 0) is 4.79 Å². The minimum absolute atomic E-state index is 0.185. The maximum Gasteiger partial charge on any atom is 0.286 e. The number of thioether (sulfide) groups is 1. The summed E-state index contributed by atoms with van der Waals surface area (Å²) in [6, 6.07) is 9.77. The molecular formula is C17H17N5OS. The number of aromatic nitrogens is 3. The Bertz CT molecular complexity index is 805. The molecule has 6 nitrogen and oxygen atoms in total. The number of benzene rings is 1. The van der Waals surface area contributed by atoms with E-state index >= 15 is 0 Å². The third-order valence-corrected chi connectivity index (χ3v) is 5.09. The first-order valence-corrected chi connectivity index (χ1v) is 8.86. The predicted molar refractivity (Wildman–Crippen MR) is 94.8 cm³/mol. The van der Waals surface area contributed by atoms with Crippen molar-refractivity contribution in [2.45, 2.75) is 19.3 Å². The molecule has 4 rings (SSSR count). The van der Waals surface area contributed by atoms with Crippen LogP contribution in [0, 0.1) is 0 Å². The van der Waals surface area contributed by atoms with Crippen LogP contribution >= 0.6 is 11.8 Å². The van der Waals surface area contributed by atoms with Gasteiger partial charge in [0, 0.05) is 13.1 Å². The molecule has 2 aliphatic rings. The largest absolute Gasteiger partial charge is 0.351 e. The lowest BCUT2D eigenvalue weighted by Gasteiger charge is -2.27. The maximum absolute atomic E-state index is 12.2. The minimum Gasteiger partial charge on any atom is -0.351 e. The molecule has 122 valence electrons. The van der Waals surface area contributed by atoms with Crippen LogP contribution in [0.2, 0.25) is 0 Å². The molecule has 0 aliphatic carbocycles. The molecular weight excluding hydrogens is 322 g/mol. The lowest BCUT2D eigenvalue weighted by molar-refractivity contribution is -0.113. The fraction of sp³-hybridized carbons (Fsp3) is 0.294. The van der Waals surface area contributed by atoms with Gasteiger partial charge in [-0.1, -0.05) is 23.4 Å². The molecule has 1 fully saturated rings. The molecule has 7 heteroatoms. The average Bonchev–Trinajstić information content (AvgIpc) is 3.24. The molecule has 0 radical (unpaired) electrons. The zero-order valence-electron chi connectivity index (χ0n) is 13.1. The van der Waals surface area contributed by atoms with Gasteiger partial charge >= 0.3 is 0 Å². The summed E-state index contributed by atoms with van der Waals surface area (Å²) in [4.78, 5) is 19.2. The average molecular weight is 339 g/mol. The fourth-order valence-corrected chi connectivity index (χ4v) is 3.75. The number of amides is 1. The molecule has 0 unspecified atom stereocenters. The monoisotopic (exact) mass is 339 g/mol. The van der Waals surface area contributed by atoms with E-state index in [9.17, 15) is 4.79 Å². The standard InChI is InChI=1S/C17H17N5OS/c23-16-15(24-17(18-16)21-9-5-2-6-10-21)11-13-12-22(20-19-13)14-7-3-1-4-8-14/h1,3-4,7-8,11-12H,2,5-6,9-10H2. The highest BCUT2D eigenvalue weighted by molar-refractivity contribution is 8.18. The van der Waals surface area contributed by atoms with Crippen molar-refractivity contribution in [2.24, 2.45) is 4.99 Å². The van der Waals surface area contributed by atoms with Gasteiger partial charge in [0.2, 0.25) is 0 Å². The van der Waals surface area contributed by atoms with Crippen LogP contribution in [0.15, 0.2) is 46.4 Å². The van der Waals surface area contributed by atoms with Gasteiger partial charge in [0.1, 0.15) is 5.69 Å². The van der Waals surface area contributed by atoms with Crippen LogP contribution < -0.4 is 0 Å². The number of piperidine rings is 1. The van der Waals surface area contributed by atoms with E-state index in [4.69, 9.17) is 0 Å². The molecule has 0 saturated carbocycles. The lowest BCUT2D eigenvalue weighted by atomic mass is 10.1. The van der Waals surface area contributed by atoms with Crippen molar-refractivity contribution in [3.63, 3.8) is 0 Å². The summed E-state index contributed by atoms with van der Waals surface area (Å²) in [5.41, 5.74) is 1.59. The van der Waals surface area contributed by atoms with E-state index in [-0.39, 0.29) is 5.91 Å². The molecule has 1 aromatic carbocycles. The Balaban J connectivity index is 1.50. The van der Waals surface area contributed by atoms with Gasteiger partial charge in [0.15, 0.2) is 5.17 Å². The summed E-state index contributed by atoms with van der Waals surface area (Å²) in [6.07, 6.45) is 7.17. The molecule has 0 N–H and O–H groups in total. The van der Waals surface area contributed by atoms with Crippen LogP contribution in [0.4, 0.5) is 0 Å². The highest BCUT2D eigenvalue weighted by Crippen LogP contribution is 2.31. The Kier molecular flexibility index (Phi) is 4.17. The number of amidine groups is 1. The molecule has 0 bridgehead atoms. The molecule has 1 aromatic heterocycles. The van der Waals surface area contributed by atoms with Crippen LogP contribution in [0.3, 0.4) is 0 Å². The molecule has 2 aromatic rings. The van der Waals surface area contributed by atoms with Gasteiger partial charge < -0.3 is 4.90 Å². The quantitative estimate of drug-likeness (QED) is 0.787. The summed E-state index contributed by atoms with van der Waals surface area (Å²) in [5.74, 6) is -0.185. The molecule has 0 atom stereocenters. The number of likely N-dealkylation sites (tertiary alicyclic amines) is 1. The van der Waals surface area contributed by atoms with Crippen LogP contribution in [-0.4, -0.2) is 44.1 Å². The number of carbonyl (C=O) groups excluding carboxylic acids is 1. The van der Waals surface area contributed by atoms with Crippen molar-refractivity contribution >= 4 is 28.9 Å². The molecule has 0 spiro atoms. The number of aliphatic imine (C=N–C) groups is 1. The third kappa shape index (κ3) is 3.12. The topological polar surface area (TPSA) is 63.4 Å². The summed E-state index contributed by atoms with van der Waals surface area (Å²) in [5, 5.41) is 9.07. The first kappa shape index (κ1) is 15.1. The van der Waals surface area contributed by atoms with E-state index in [0.717, 1.165) is 36.8 Å². The number of nitrogens with zero attached hydrogens (tertiary/aromatic N) is 5. The number of rotatable bonds is 2. The van der Waals surface area contributed by atoms with Crippen molar-refractivity contribution in [1.29, 1.82) is 0 Å². The first-order valence-electron chi connectivity index (χ1n) is 8.05. The normalized spacial score (nSPS) is 19.8. The van der Waals surface area contributed by atoms with Crippen molar-refractivity contribution < 1.29 is 4.79 Å². The smallest absolute Gasteiger partial charge is 0.286 e. The Labute approximate surface area is 144 Å². The number of carbonyl (C=O) groups is 1. The van der Waals surface area contributed by atoms with Gasteiger partial charge in [-0.05, 0) is 49.2 Å². The fourth-order valence-electron chi connectivity index (χ4n) is 2.80. The van der Waals surface area contributed by atoms with Gasteiger partial charge in [-0.15, -0.1) is 5.10 Å². The molecule has 24 heavy (non-hydrogen) atoms. The molecule has 1 amide bonds. The van der Waals surface area contributed by atoms with Crippen LogP contribution in [0.5, 0.6) is 0 Å². The SMILES string of the molecule is O=C1N=C(N2CCCCC2)SC1=Cc1cn(-c2ccccc2)nn1. The van der Waals surface area contributed by atoms with Gasteiger partial charge in [-0.25, -0.2) is 4.68 Å². The first-order chi connectivity index (χ1) is 11.8. The van der Waals surface area contributed by atoms with Gasteiger partial charge in [-0.3, -0.25) is 4.79 Å². The van der Waals surface area contributed by atoms with Crippen LogP contribution in [0.1, 0.15) is 25.0 Å². The van der Waals surface area contributed by atoms with E-state index in [1.54, 1.807) is 10.8 Å². The van der Waals surface area contributed by atoms with E-state index in [1.165, 1.54) is 18.2 Å². The van der Waals surface area contributed by atoms with Crippen molar-refractivity contribution in [1.82, 2.24) is 19.9 Å². The Morgan fingerprint density at radius 1 is 1.08 bits per heavy atom. The zero-order chi connectivity index (χ0) is 16.4. The third-order valence-electron chi connectivity index (χ3n) is 4.05. The number of para-hydroxylation sites is 1. The predicted octanol–water partition coefficient (Wildman–Crippen LogP) is 2.72. The number of hydrogen-bond donors (Lipinski definition) is 0. The van der Waals surface area contributed by atoms with Crippen molar-refractivity contribution in [2.75, 3.05) is 13.1 Å². The summed E-state index contributed by atoms with van der Waals surface area (Å²) in [7, 11) is 0. The Hall–Kier alpha value is -2.41. The molecule has 1 saturated heterocycles. The summed E-state index contributed by atoms with van der Waals surface area (Å²) < 4.78 is 1.70.